The van der Waals surface area contributed by atoms with Crippen LogP contribution in [0.2, 0.25) is 0 Å². The third-order valence-electron chi connectivity index (χ3n) is 4.01. The second kappa shape index (κ2) is 9.75. The summed E-state index contributed by atoms with van der Waals surface area (Å²) in [4.78, 5) is 14.1. The van der Waals surface area contributed by atoms with Gasteiger partial charge in [0.25, 0.3) is 15.9 Å². The number of ether oxygens (including phenoxy) is 1. The lowest BCUT2D eigenvalue weighted by Crippen LogP contribution is -2.28. The summed E-state index contributed by atoms with van der Waals surface area (Å²) < 4.78 is 34.9. The van der Waals surface area contributed by atoms with Gasteiger partial charge < -0.3 is 14.5 Å². The van der Waals surface area contributed by atoms with Gasteiger partial charge in [-0.15, -0.1) is 0 Å². The molecular weight excluding hydrogens is 406 g/mol. The molecule has 0 saturated heterocycles. The van der Waals surface area contributed by atoms with Crippen LogP contribution in [0.5, 0.6) is 5.75 Å². The first kappa shape index (κ1) is 21.1. The Hall–Kier alpha value is -3.59. The van der Waals surface area contributed by atoms with Crippen molar-refractivity contribution in [2.24, 2.45) is 5.10 Å². The zero-order valence-electron chi connectivity index (χ0n) is 16.2. The molecule has 0 radical (unpaired) electrons. The molecule has 0 saturated carbocycles. The summed E-state index contributed by atoms with van der Waals surface area (Å²) in [6.45, 7) is 2.04. The Morgan fingerprint density at radius 3 is 2.50 bits per heavy atom. The Labute approximate surface area is 174 Å². The molecule has 1 amide bonds. The number of carbonyl (C=O) groups is 1. The van der Waals surface area contributed by atoms with Crippen molar-refractivity contribution in [2.75, 3.05) is 6.61 Å². The molecule has 0 bridgehead atoms. The molecule has 1 aromatic heterocycles. The molecule has 3 rings (SSSR count). The number of hydrogen-bond acceptors (Lipinski definition) is 6. The highest BCUT2D eigenvalue weighted by Gasteiger charge is 2.11. The molecule has 3 aromatic rings. The van der Waals surface area contributed by atoms with Gasteiger partial charge in [-0.2, -0.15) is 13.5 Å². The molecule has 0 atom stereocenters. The quantitative estimate of drug-likeness (QED) is 0.403. The minimum absolute atomic E-state index is 0.134. The molecule has 0 fully saturated rings. The van der Waals surface area contributed by atoms with E-state index in [-0.39, 0.29) is 17.4 Å². The number of carbonyl (C=O) groups excluding carboxylic acids is 1. The second-order valence-corrected chi connectivity index (χ2v) is 8.04. The summed E-state index contributed by atoms with van der Waals surface area (Å²) in [5, 5.41) is 6.47. The zero-order chi connectivity index (χ0) is 21.4. The molecule has 8 nitrogen and oxygen atoms in total. The van der Waals surface area contributed by atoms with Crippen LogP contribution in [0, 0.1) is 6.92 Å². The fraction of sp³-hybridized carbons (Fsp3) is 0.143. The number of nitrogens with zero attached hydrogens (tertiary/aromatic N) is 1. The van der Waals surface area contributed by atoms with E-state index >= 15 is 0 Å². The maximum Gasteiger partial charge on any atom is 0.276 e. The Bertz CT molecular complexity index is 1090. The number of furan rings is 1. The van der Waals surface area contributed by atoms with E-state index in [0.29, 0.717) is 23.6 Å². The third kappa shape index (κ3) is 6.21. The number of rotatable bonds is 9. The van der Waals surface area contributed by atoms with Crippen LogP contribution in [-0.4, -0.2) is 27.1 Å². The van der Waals surface area contributed by atoms with Crippen molar-refractivity contribution in [3.8, 4) is 5.75 Å². The molecule has 0 aliphatic heterocycles. The maximum atomic E-state index is 12.2. The number of amides is 1. The molecule has 30 heavy (non-hydrogen) atoms. The molecule has 0 aliphatic carbocycles. The van der Waals surface area contributed by atoms with E-state index in [4.69, 9.17) is 9.15 Å². The van der Waals surface area contributed by atoms with Crippen LogP contribution in [0.25, 0.3) is 0 Å². The van der Waals surface area contributed by atoms with Gasteiger partial charge in [0.05, 0.1) is 23.9 Å². The highest BCUT2D eigenvalue weighted by atomic mass is 32.2. The normalized spacial score (nSPS) is 11.4. The summed E-state index contributed by atoms with van der Waals surface area (Å²) in [6.07, 6.45) is 2.92. The molecule has 2 N–H and O–H groups in total. The Kier molecular flexibility index (Phi) is 6.87. The van der Waals surface area contributed by atoms with Crippen molar-refractivity contribution in [3.63, 3.8) is 0 Å². The highest BCUT2D eigenvalue weighted by Crippen LogP contribution is 2.12. The van der Waals surface area contributed by atoms with Gasteiger partial charge in [-0.3, -0.25) is 4.79 Å². The first-order chi connectivity index (χ1) is 14.4. The highest BCUT2D eigenvalue weighted by molar-refractivity contribution is 7.89. The van der Waals surface area contributed by atoms with E-state index in [9.17, 15) is 13.2 Å². The van der Waals surface area contributed by atoms with E-state index < -0.39 is 10.0 Å². The summed E-state index contributed by atoms with van der Waals surface area (Å²) in [7, 11) is -3.72. The smallest absolute Gasteiger partial charge is 0.276 e. The predicted octanol–water partition coefficient (Wildman–Crippen LogP) is 2.60. The van der Waals surface area contributed by atoms with Gasteiger partial charge in [0.15, 0.2) is 6.61 Å². The number of aryl methyl sites for hydroxylation is 1. The molecular formula is C21H21N3O5S. The van der Waals surface area contributed by atoms with Gasteiger partial charge in [-0.05, 0) is 61.0 Å². The van der Waals surface area contributed by atoms with Gasteiger partial charge in [0.1, 0.15) is 11.5 Å². The minimum atomic E-state index is -3.72. The summed E-state index contributed by atoms with van der Waals surface area (Å²) in [5.74, 6) is 0.882. The van der Waals surface area contributed by atoms with Crippen LogP contribution >= 0.6 is 0 Å². The first-order valence-corrected chi connectivity index (χ1v) is 10.5. The molecule has 0 aliphatic rings. The van der Waals surface area contributed by atoms with Crippen LogP contribution in [0.1, 0.15) is 16.9 Å². The molecule has 1 heterocycles. The molecule has 0 spiro atoms. The van der Waals surface area contributed by atoms with Crippen LogP contribution in [-0.2, 0) is 21.4 Å². The van der Waals surface area contributed by atoms with Gasteiger partial charge in [0.2, 0.25) is 0 Å². The largest absolute Gasteiger partial charge is 0.484 e. The van der Waals surface area contributed by atoms with Crippen LogP contribution in [0.3, 0.4) is 0 Å². The van der Waals surface area contributed by atoms with E-state index in [2.05, 4.69) is 15.2 Å². The second-order valence-electron chi connectivity index (χ2n) is 6.38. The topological polar surface area (TPSA) is 110 Å². The van der Waals surface area contributed by atoms with E-state index in [0.717, 1.165) is 5.56 Å². The van der Waals surface area contributed by atoms with Crippen LogP contribution < -0.4 is 14.9 Å². The predicted molar refractivity (Wildman–Crippen MR) is 112 cm³/mol. The van der Waals surface area contributed by atoms with Crippen molar-refractivity contribution >= 4 is 22.1 Å². The van der Waals surface area contributed by atoms with Gasteiger partial charge >= 0.3 is 0 Å². The fourth-order valence-electron chi connectivity index (χ4n) is 2.39. The zero-order valence-corrected chi connectivity index (χ0v) is 17.1. The number of hydrogen-bond donors (Lipinski definition) is 2. The van der Waals surface area contributed by atoms with Crippen molar-refractivity contribution in [2.45, 2.75) is 18.4 Å². The van der Waals surface area contributed by atoms with E-state index in [1.54, 1.807) is 48.5 Å². The van der Waals surface area contributed by atoms with Gasteiger partial charge in [0, 0.05) is 0 Å². The van der Waals surface area contributed by atoms with E-state index in [1.165, 1.54) is 24.6 Å². The Morgan fingerprint density at radius 1 is 1.10 bits per heavy atom. The monoisotopic (exact) mass is 427 g/mol. The lowest BCUT2D eigenvalue weighted by Gasteiger charge is -2.07. The van der Waals surface area contributed by atoms with Crippen molar-refractivity contribution < 1.29 is 22.4 Å². The molecule has 9 heteroatoms. The average Bonchev–Trinajstić information content (AvgIpc) is 3.25. The number of sulfonamides is 1. The SMILES string of the molecule is Cc1ccc(S(=O)(=O)N/N=C\c2ccc(OCC(=O)NCc3ccco3)cc2)cc1. The van der Waals surface area contributed by atoms with Crippen molar-refractivity contribution in [1.29, 1.82) is 0 Å². The first-order valence-electron chi connectivity index (χ1n) is 9.06. The lowest BCUT2D eigenvalue weighted by atomic mass is 10.2. The molecule has 0 unspecified atom stereocenters. The van der Waals surface area contributed by atoms with Crippen LogP contribution in [0.15, 0.2) is 81.3 Å². The lowest BCUT2D eigenvalue weighted by molar-refractivity contribution is -0.123. The van der Waals surface area contributed by atoms with Gasteiger partial charge in [-0.1, -0.05) is 17.7 Å². The molecule has 2 aromatic carbocycles. The van der Waals surface area contributed by atoms with Crippen molar-refractivity contribution in [3.05, 3.63) is 83.8 Å². The average molecular weight is 427 g/mol. The van der Waals surface area contributed by atoms with E-state index in [1.807, 2.05) is 6.92 Å². The number of nitrogens with one attached hydrogen (secondary N) is 2. The maximum absolute atomic E-state index is 12.2. The Morgan fingerprint density at radius 2 is 1.83 bits per heavy atom. The number of benzene rings is 2. The third-order valence-corrected chi connectivity index (χ3v) is 5.25. The van der Waals surface area contributed by atoms with Crippen LogP contribution in [0.4, 0.5) is 0 Å². The minimum Gasteiger partial charge on any atom is -0.484 e. The summed E-state index contributed by atoms with van der Waals surface area (Å²) >= 11 is 0. The molecule has 156 valence electrons. The fourth-order valence-corrected chi connectivity index (χ4v) is 3.18. The standard InChI is InChI=1S/C21H21N3O5S/c1-16-4-10-20(11-5-16)30(26,27)24-23-13-17-6-8-18(9-7-17)29-15-21(25)22-14-19-3-2-12-28-19/h2-13,24H,14-15H2,1H3,(H,22,25)/b23-13-. The van der Waals surface area contributed by atoms with Gasteiger partial charge in [-0.25, -0.2) is 4.83 Å². The summed E-state index contributed by atoms with van der Waals surface area (Å²) in [5.41, 5.74) is 1.63. The Balaban J connectivity index is 1.46. The number of hydrazone groups is 1. The van der Waals surface area contributed by atoms with Crippen molar-refractivity contribution in [1.82, 2.24) is 10.1 Å². The summed E-state index contributed by atoms with van der Waals surface area (Å²) in [6, 6.07) is 16.7.